The molecule has 0 fully saturated rings. The zero-order valence-electron chi connectivity index (χ0n) is 14.0. The fourth-order valence-corrected chi connectivity index (χ4v) is 2.60. The molecule has 0 aliphatic heterocycles. The number of para-hydroxylation sites is 1. The Hall–Kier alpha value is -2.93. The van der Waals surface area contributed by atoms with Crippen molar-refractivity contribution in [3.05, 3.63) is 64.1 Å². The van der Waals surface area contributed by atoms with E-state index in [9.17, 15) is 9.59 Å². The molecule has 0 saturated heterocycles. The minimum absolute atomic E-state index is 0.0871. The van der Waals surface area contributed by atoms with Crippen molar-refractivity contribution in [3.8, 4) is 0 Å². The molecule has 0 aliphatic carbocycles. The summed E-state index contributed by atoms with van der Waals surface area (Å²) in [5.74, 6) is -0.0736. The van der Waals surface area contributed by atoms with E-state index < -0.39 is 5.97 Å². The van der Waals surface area contributed by atoms with Crippen LogP contribution in [0.1, 0.15) is 36.0 Å². The fraction of sp³-hybridized carbons (Fsp3) is 0.278. The Bertz CT molecular complexity index is 958. The molecule has 25 heavy (non-hydrogen) atoms. The van der Waals surface area contributed by atoms with Gasteiger partial charge in [0.15, 0.2) is 0 Å². The van der Waals surface area contributed by atoms with E-state index in [2.05, 4.69) is 9.97 Å². The maximum atomic E-state index is 12.2. The number of aromatic carboxylic acids is 1. The minimum atomic E-state index is -1.09. The van der Waals surface area contributed by atoms with Gasteiger partial charge in [-0.15, -0.1) is 0 Å². The van der Waals surface area contributed by atoms with E-state index >= 15 is 0 Å². The summed E-state index contributed by atoms with van der Waals surface area (Å²) < 4.78 is 5.32. The molecule has 2 heterocycles. The van der Waals surface area contributed by atoms with Gasteiger partial charge in [-0.3, -0.25) is 9.69 Å². The summed E-state index contributed by atoms with van der Waals surface area (Å²) >= 11 is 0. The van der Waals surface area contributed by atoms with Crippen LogP contribution in [0.25, 0.3) is 10.9 Å². The number of rotatable bonds is 6. The molecule has 0 bridgehead atoms. The van der Waals surface area contributed by atoms with E-state index in [1.54, 1.807) is 24.3 Å². The molecule has 7 nitrogen and oxygen atoms in total. The Morgan fingerprint density at radius 1 is 1.24 bits per heavy atom. The van der Waals surface area contributed by atoms with Gasteiger partial charge < -0.3 is 14.5 Å². The molecule has 1 aromatic carbocycles. The van der Waals surface area contributed by atoms with Gasteiger partial charge in [0.1, 0.15) is 11.6 Å². The van der Waals surface area contributed by atoms with Gasteiger partial charge >= 0.3 is 5.97 Å². The van der Waals surface area contributed by atoms with E-state index in [1.165, 1.54) is 6.07 Å². The number of carboxylic acid groups (broad SMARTS) is 1. The van der Waals surface area contributed by atoms with Crippen LogP contribution in [-0.2, 0) is 13.1 Å². The second-order valence-electron chi connectivity index (χ2n) is 6.10. The first-order valence-corrected chi connectivity index (χ1v) is 7.98. The van der Waals surface area contributed by atoms with Crippen LogP contribution < -0.4 is 5.56 Å². The quantitative estimate of drug-likeness (QED) is 0.715. The van der Waals surface area contributed by atoms with Crippen molar-refractivity contribution in [1.29, 1.82) is 0 Å². The van der Waals surface area contributed by atoms with Gasteiger partial charge in [0.05, 0.1) is 24.0 Å². The highest BCUT2D eigenvalue weighted by Gasteiger charge is 2.16. The van der Waals surface area contributed by atoms with Crippen molar-refractivity contribution in [3.63, 3.8) is 0 Å². The number of aromatic amines is 1. The Morgan fingerprint density at radius 2 is 2.00 bits per heavy atom. The average molecular weight is 341 g/mol. The Balaban J connectivity index is 1.84. The summed E-state index contributed by atoms with van der Waals surface area (Å²) in [7, 11) is 0. The number of nitrogens with one attached hydrogen (secondary N) is 1. The van der Waals surface area contributed by atoms with Crippen LogP contribution in [0.2, 0.25) is 0 Å². The van der Waals surface area contributed by atoms with Crippen LogP contribution in [0.4, 0.5) is 0 Å². The molecule has 0 radical (unpaired) electrons. The van der Waals surface area contributed by atoms with Gasteiger partial charge in [-0.1, -0.05) is 12.1 Å². The molecule has 130 valence electrons. The topological polar surface area (TPSA) is 99.4 Å². The van der Waals surface area contributed by atoms with Crippen LogP contribution in [0.3, 0.4) is 0 Å². The number of carbonyl (C=O) groups is 1. The highest BCUT2D eigenvalue weighted by atomic mass is 16.4. The Morgan fingerprint density at radius 3 is 2.68 bits per heavy atom. The van der Waals surface area contributed by atoms with Crippen LogP contribution in [0.5, 0.6) is 0 Å². The SMILES string of the molecule is CC(C)N(Cc1nc2ccccc2c(=O)[nH]1)Cc1ccc(C(=O)O)o1. The molecule has 0 unspecified atom stereocenters. The highest BCUT2D eigenvalue weighted by Crippen LogP contribution is 2.15. The summed E-state index contributed by atoms with van der Waals surface area (Å²) in [6.07, 6.45) is 0. The summed E-state index contributed by atoms with van der Waals surface area (Å²) in [6, 6.07) is 10.4. The molecule has 3 aromatic rings. The molecule has 0 amide bonds. The number of nitrogens with zero attached hydrogens (tertiary/aromatic N) is 2. The molecular formula is C18H19N3O4. The Kier molecular flexibility index (Phi) is 4.67. The fourth-order valence-electron chi connectivity index (χ4n) is 2.60. The van der Waals surface area contributed by atoms with Crippen LogP contribution >= 0.6 is 0 Å². The standard InChI is InChI=1S/C18H19N3O4/c1-11(2)21(9-12-7-8-15(25-12)18(23)24)10-16-19-14-6-4-3-5-13(14)17(22)20-16/h3-8,11H,9-10H2,1-2H3,(H,23,24)(H,19,20,22). The largest absolute Gasteiger partial charge is 0.475 e. The lowest BCUT2D eigenvalue weighted by Gasteiger charge is -2.24. The normalized spacial score (nSPS) is 11.5. The summed E-state index contributed by atoms with van der Waals surface area (Å²) in [5, 5.41) is 9.51. The van der Waals surface area contributed by atoms with E-state index in [4.69, 9.17) is 9.52 Å². The third-order valence-electron chi connectivity index (χ3n) is 3.98. The highest BCUT2D eigenvalue weighted by molar-refractivity contribution is 5.84. The third kappa shape index (κ3) is 3.77. The maximum absolute atomic E-state index is 12.2. The zero-order chi connectivity index (χ0) is 18.0. The number of fused-ring (bicyclic) bond motifs is 1. The number of hydrogen-bond acceptors (Lipinski definition) is 5. The smallest absolute Gasteiger partial charge is 0.371 e. The van der Waals surface area contributed by atoms with Crippen molar-refractivity contribution in [2.24, 2.45) is 0 Å². The third-order valence-corrected chi connectivity index (χ3v) is 3.98. The molecule has 7 heteroatoms. The lowest BCUT2D eigenvalue weighted by molar-refractivity contribution is 0.0657. The predicted octanol–water partition coefficient (Wildman–Crippen LogP) is 2.62. The lowest BCUT2D eigenvalue weighted by Crippen LogP contribution is -2.31. The van der Waals surface area contributed by atoms with Crippen molar-refractivity contribution >= 4 is 16.9 Å². The number of H-pyrrole nitrogens is 1. The Labute approximate surface area is 143 Å². The monoisotopic (exact) mass is 341 g/mol. The number of aromatic nitrogens is 2. The second-order valence-corrected chi connectivity index (χ2v) is 6.10. The molecule has 3 rings (SSSR count). The molecule has 2 N–H and O–H groups in total. The van der Waals surface area contributed by atoms with Crippen LogP contribution in [0, 0.1) is 0 Å². The molecule has 0 aliphatic rings. The lowest BCUT2D eigenvalue weighted by atomic mass is 10.2. The molecule has 0 saturated carbocycles. The maximum Gasteiger partial charge on any atom is 0.371 e. The van der Waals surface area contributed by atoms with Gasteiger partial charge in [-0.05, 0) is 38.1 Å². The van der Waals surface area contributed by atoms with Crippen molar-refractivity contribution in [2.45, 2.75) is 33.0 Å². The van der Waals surface area contributed by atoms with E-state index in [1.807, 2.05) is 24.8 Å². The van der Waals surface area contributed by atoms with Crippen molar-refractivity contribution < 1.29 is 14.3 Å². The molecule has 2 aromatic heterocycles. The number of furan rings is 1. The van der Waals surface area contributed by atoms with E-state index in [0.717, 1.165) is 0 Å². The first kappa shape index (κ1) is 16.9. The van der Waals surface area contributed by atoms with Gasteiger partial charge in [0.2, 0.25) is 5.76 Å². The number of carboxylic acids is 1. The minimum Gasteiger partial charge on any atom is -0.475 e. The van der Waals surface area contributed by atoms with Gasteiger partial charge in [-0.2, -0.15) is 0 Å². The summed E-state index contributed by atoms with van der Waals surface area (Å²) in [4.78, 5) is 32.5. The van der Waals surface area contributed by atoms with Crippen LogP contribution in [0.15, 0.2) is 45.6 Å². The first-order chi connectivity index (χ1) is 11.9. The van der Waals surface area contributed by atoms with Gasteiger partial charge in [-0.25, -0.2) is 9.78 Å². The van der Waals surface area contributed by atoms with E-state index in [-0.39, 0.29) is 17.4 Å². The van der Waals surface area contributed by atoms with Gasteiger partial charge in [0, 0.05) is 6.04 Å². The first-order valence-electron chi connectivity index (χ1n) is 7.98. The summed E-state index contributed by atoms with van der Waals surface area (Å²) in [5.41, 5.74) is 0.478. The molecule has 0 spiro atoms. The predicted molar refractivity (Wildman–Crippen MR) is 92.4 cm³/mol. The van der Waals surface area contributed by atoms with Gasteiger partial charge in [0.25, 0.3) is 5.56 Å². The molecule has 0 atom stereocenters. The average Bonchev–Trinajstić information content (AvgIpc) is 3.03. The zero-order valence-corrected chi connectivity index (χ0v) is 14.0. The summed E-state index contributed by atoms with van der Waals surface area (Å²) in [6.45, 7) is 4.86. The number of hydrogen-bond donors (Lipinski definition) is 2. The van der Waals surface area contributed by atoms with Crippen molar-refractivity contribution in [2.75, 3.05) is 0 Å². The number of benzene rings is 1. The van der Waals surface area contributed by atoms with Crippen molar-refractivity contribution in [1.82, 2.24) is 14.9 Å². The second kappa shape index (κ2) is 6.90. The molecular weight excluding hydrogens is 322 g/mol. The van der Waals surface area contributed by atoms with E-state index in [0.29, 0.717) is 35.6 Å². The van der Waals surface area contributed by atoms with Crippen LogP contribution in [-0.4, -0.2) is 32.0 Å².